The van der Waals surface area contributed by atoms with Gasteiger partial charge >= 0.3 is 0 Å². The van der Waals surface area contributed by atoms with E-state index in [0.29, 0.717) is 19.0 Å². The van der Waals surface area contributed by atoms with Gasteiger partial charge in [-0.05, 0) is 6.42 Å². The van der Waals surface area contributed by atoms with Gasteiger partial charge in [0.2, 0.25) is 5.88 Å². The molecular formula is C11H16N6O. The Morgan fingerprint density at radius 1 is 1.39 bits per heavy atom. The van der Waals surface area contributed by atoms with Gasteiger partial charge in [-0.3, -0.25) is 4.68 Å². The minimum absolute atomic E-state index is 0.593. The van der Waals surface area contributed by atoms with Gasteiger partial charge in [0.05, 0.1) is 19.3 Å². The van der Waals surface area contributed by atoms with E-state index in [9.17, 15) is 0 Å². The molecule has 0 fully saturated rings. The van der Waals surface area contributed by atoms with Crippen molar-refractivity contribution in [2.45, 2.75) is 19.9 Å². The molecule has 2 aromatic heterocycles. The number of anilines is 1. The van der Waals surface area contributed by atoms with Crippen LogP contribution < -0.4 is 10.1 Å². The molecule has 0 atom stereocenters. The Hall–Kier alpha value is -2.18. The van der Waals surface area contributed by atoms with Crippen LogP contribution in [0.4, 0.5) is 5.82 Å². The summed E-state index contributed by atoms with van der Waals surface area (Å²) >= 11 is 0. The fourth-order valence-electron chi connectivity index (χ4n) is 1.37. The lowest BCUT2D eigenvalue weighted by Gasteiger charge is -2.07. The number of ether oxygens (including phenoxy) is 1. The van der Waals surface area contributed by atoms with Crippen molar-refractivity contribution in [1.29, 1.82) is 0 Å². The molecule has 2 heterocycles. The minimum Gasteiger partial charge on any atom is -0.478 e. The van der Waals surface area contributed by atoms with E-state index in [-0.39, 0.29) is 0 Å². The fourth-order valence-corrected chi connectivity index (χ4v) is 1.37. The van der Waals surface area contributed by atoms with Crippen LogP contribution in [0.3, 0.4) is 0 Å². The summed E-state index contributed by atoms with van der Waals surface area (Å²) < 4.78 is 7.18. The monoisotopic (exact) mass is 248 g/mol. The molecule has 0 unspecified atom stereocenters. The van der Waals surface area contributed by atoms with Crippen molar-refractivity contribution in [2.24, 2.45) is 0 Å². The molecule has 0 saturated carbocycles. The summed E-state index contributed by atoms with van der Waals surface area (Å²) in [6.45, 7) is 4.16. The minimum atomic E-state index is 0.593. The van der Waals surface area contributed by atoms with Crippen LogP contribution >= 0.6 is 0 Å². The molecular weight excluding hydrogens is 232 g/mol. The van der Waals surface area contributed by atoms with Crippen molar-refractivity contribution in [3.8, 4) is 5.88 Å². The third-order valence-electron chi connectivity index (χ3n) is 2.22. The van der Waals surface area contributed by atoms with Crippen LogP contribution in [-0.2, 0) is 6.54 Å². The molecule has 0 bridgehead atoms. The summed E-state index contributed by atoms with van der Waals surface area (Å²) in [4.78, 5) is 8.15. The Balaban J connectivity index is 1.81. The van der Waals surface area contributed by atoms with Gasteiger partial charge in [-0.25, -0.2) is 9.97 Å². The lowest BCUT2D eigenvalue weighted by atomic mass is 10.5. The highest BCUT2D eigenvalue weighted by Gasteiger charge is 1.99. The summed E-state index contributed by atoms with van der Waals surface area (Å²) in [7, 11) is 0. The molecule has 1 N–H and O–H groups in total. The van der Waals surface area contributed by atoms with Gasteiger partial charge in [0.15, 0.2) is 0 Å². The lowest BCUT2D eigenvalue weighted by Crippen LogP contribution is -2.12. The quantitative estimate of drug-likeness (QED) is 0.786. The SMILES string of the molecule is CCCOc1cc(NCCn2ccnn2)ncn1. The molecule has 96 valence electrons. The third kappa shape index (κ3) is 3.69. The Bertz CT molecular complexity index is 458. The van der Waals surface area contributed by atoms with E-state index in [1.54, 1.807) is 16.9 Å². The molecule has 0 spiro atoms. The van der Waals surface area contributed by atoms with Crippen molar-refractivity contribution >= 4 is 5.82 Å². The van der Waals surface area contributed by atoms with Crippen molar-refractivity contribution < 1.29 is 4.74 Å². The van der Waals surface area contributed by atoms with Gasteiger partial charge in [-0.2, -0.15) is 0 Å². The van der Waals surface area contributed by atoms with Crippen LogP contribution in [0.2, 0.25) is 0 Å². The maximum atomic E-state index is 5.43. The smallest absolute Gasteiger partial charge is 0.218 e. The number of hydrogen-bond donors (Lipinski definition) is 1. The molecule has 2 rings (SSSR count). The van der Waals surface area contributed by atoms with Crippen molar-refractivity contribution in [3.05, 3.63) is 24.8 Å². The largest absolute Gasteiger partial charge is 0.478 e. The average molecular weight is 248 g/mol. The van der Waals surface area contributed by atoms with E-state index in [2.05, 4.69) is 32.5 Å². The normalized spacial score (nSPS) is 10.3. The van der Waals surface area contributed by atoms with Gasteiger partial charge < -0.3 is 10.1 Å². The molecule has 0 aliphatic carbocycles. The number of rotatable bonds is 7. The van der Waals surface area contributed by atoms with Crippen LogP contribution in [0.5, 0.6) is 5.88 Å². The van der Waals surface area contributed by atoms with Crippen LogP contribution in [0.1, 0.15) is 13.3 Å². The van der Waals surface area contributed by atoms with Crippen molar-refractivity contribution in [3.63, 3.8) is 0 Å². The Morgan fingerprint density at radius 2 is 2.33 bits per heavy atom. The molecule has 7 heteroatoms. The van der Waals surface area contributed by atoms with Gasteiger partial charge in [0.25, 0.3) is 0 Å². The second-order valence-corrected chi connectivity index (χ2v) is 3.68. The van der Waals surface area contributed by atoms with E-state index < -0.39 is 0 Å². The summed E-state index contributed by atoms with van der Waals surface area (Å²) in [5.41, 5.74) is 0. The van der Waals surface area contributed by atoms with Gasteiger partial charge in [0.1, 0.15) is 12.1 Å². The highest BCUT2D eigenvalue weighted by Crippen LogP contribution is 2.10. The number of hydrogen-bond acceptors (Lipinski definition) is 6. The van der Waals surface area contributed by atoms with Gasteiger partial charge in [-0.15, -0.1) is 5.10 Å². The first-order valence-electron chi connectivity index (χ1n) is 5.91. The highest BCUT2D eigenvalue weighted by molar-refractivity contribution is 5.36. The molecule has 0 radical (unpaired) electrons. The molecule has 0 amide bonds. The first kappa shape index (κ1) is 12.3. The molecule has 0 aromatic carbocycles. The molecule has 0 aliphatic heterocycles. The molecule has 2 aromatic rings. The maximum absolute atomic E-state index is 5.43. The summed E-state index contributed by atoms with van der Waals surface area (Å²) in [5, 5.41) is 10.8. The van der Waals surface area contributed by atoms with Crippen LogP contribution in [0.25, 0.3) is 0 Å². The summed E-state index contributed by atoms with van der Waals surface area (Å²) in [5.74, 6) is 1.34. The second kappa shape index (κ2) is 6.53. The predicted octanol–water partition coefficient (Wildman–Crippen LogP) is 0.969. The van der Waals surface area contributed by atoms with E-state index in [1.807, 2.05) is 6.20 Å². The predicted molar refractivity (Wildman–Crippen MR) is 66.3 cm³/mol. The van der Waals surface area contributed by atoms with Crippen molar-refractivity contribution in [2.75, 3.05) is 18.5 Å². The first-order chi connectivity index (χ1) is 8.88. The second-order valence-electron chi connectivity index (χ2n) is 3.68. The third-order valence-corrected chi connectivity index (χ3v) is 2.22. The average Bonchev–Trinajstić information content (AvgIpc) is 2.90. The van der Waals surface area contributed by atoms with Crippen LogP contribution in [-0.4, -0.2) is 38.1 Å². The van der Waals surface area contributed by atoms with Crippen LogP contribution in [0.15, 0.2) is 24.8 Å². The van der Waals surface area contributed by atoms with Crippen molar-refractivity contribution in [1.82, 2.24) is 25.0 Å². The molecule has 18 heavy (non-hydrogen) atoms. The van der Waals surface area contributed by atoms with E-state index in [0.717, 1.165) is 18.8 Å². The van der Waals surface area contributed by atoms with E-state index in [4.69, 9.17) is 4.74 Å². The maximum Gasteiger partial charge on any atom is 0.218 e. The van der Waals surface area contributed by atoms with E-state index >= 15 is 0 Å². The zero-order valence-electron chi connectivity index (χ0n) is 10.3. The van der Waals surface area contributed by atoms with Gasteiger partial charge in [0, 0.05) is 18.8 Å². The topological polar surface area (TPSA) is 77.8 Å². The Labute approximate surface area is 105 Å². The molecule has 7 nitrogen and oxygen atoms in total. The standard InChI is InChI=1S/C11H16N6O/c1-2-7-18-11-8-10(13-9-14-11)12-3-5-17-6-4-15-16-17/h4,6,8-9H,2-3,5,7H2,1H3,(H,12,13,14). The number of nitrogens with one attached hydrogen (secondary N) is 1. The summed E-state index contributed by atoms with van der Waals surface area (Å²) in [6, 6.07) is 1.79. The zero-order valence-corrected chi connectivity index (χ0v) is 10.3. The molecule has 0 saturated heterocycles. The summed E-state index contributed by atoms with van der Waals surface area (Å²) in [6.07, 6.45) is 5.92. The first-order valence-corrected chi connectivity index (χ1v) is 5.91. The Morgan fingerprint density at radius 3 is 3.11 bits per heavy atom. The van der Waals surface area contributed by atoms with E-state index in [1.165, 1.54) is 6.33 Å². The van der Waals surface area contributed by atoms with Gasteiger partial charge in [-0.1, -0.05) is 12.1 Å². The number of nitrogens with zero attached hydrogens (tertiary/aromatic N) is 5. The zero-order chi connectivity index (χ0) is 12.6. The van der Waals surface area contributed by atoms with Crippen LogP contribution in [0, 0.1) is 0 Å². The Kier molecular flexibility index (Phi) is 4.46. The molecule has 0 aliphatic rings. The fraction of sp³-hybridized carbons (Fsp3) is 0.455. The highest BCUT2D eigenvalue weighted by atomic mass is 16.5. The number of aromatic nitrogens is 5. The lowest BCUT2D eigenvalue weighted by molar-refractivity contribution is 0.305.